The van der Waals surface area contributed by atoms with Gasteiger partial charge in [-0.05, 0) is 42.7 Å². The van der Waals surface area contributed by atoms with Gasteiger partial charge in [-0.25, -0.2) is 4.98 Å². The first-order valence-electron chi connectivity index (χ1n) is 6.48. The van der Waals surface area contributed by atoms with Gasteiger partial charge in [-0.15, -0.1) is 0 Å². The topological polar surface area (TPSA) is 29.0 Å². The Kier molecular flexibility index (Phi) is 3.92. The van der Waals surface area contributed by atoms with Gasteiger partial charge in [0.05, 0.1) is 0 Å². The lowest BCUT2D eigenvalue weighted by atomic mass is 10.2. The number of pyridine rings is 2. The van der Waals surface area contributed by atoms with Crippen LogP contribution in [-0.2, 0) is 6.42 Å². The Balaban J connectivity index is 0.000000574. The van der Waals surface area contributed by atoms with E-state index in [1.807, 2.05) is 38.5 Å². The van der Waals surface area contributed by atoms with E-state index in [-0.39, 0.29) is 0 Å². The molecule has 2 aromatic heterocycles. The van der Waals surface area contributed by atoms with E-state index in [9.17, 15) is 0 Å². The maximum Gasteiger partial charge on any atom is 0.133 e. The second-order valence-electron chi connectivity index (χ2n) is 4.10. The summed E-state index contributed by atoms with van der Waals surface area (Å²) in [6.45, 7) is 7.09. The van der Waals surface area contributed by atoms with E-state index in [0.717, 1.165) is 18.8 Å². The van der Waals surface area contributed by atoms with Gasteiger partial charge < -0.3 is 4.90 Å². The number of hydrogen-bond donors (Lipinski definition) is 0. The molecule has 1 aliphatic heterocycles. The van der Waals surface area contributed by atoms with Crippen LogP contribution in [0, 0.1) is 6.92 Å². The fourth-order valence-corrected chi connectivity index (χ4v) is 2.13. The Hall–Kier alpha value is -1.90. The van der Waals surface area contributed by atoms with Crippen LogP contribution < -0.4 is 4.90 Å². The normalized spacial score (nSPS) is 12.7. The minimum absolute atomic E-state index is 0.997. The molecule has 18 heavy (non-hydrogen) atoms. The average Bonchev–Trinajstić information content (AvgIpc) is 2.85. The highest BCUT2D eigenvalue weighted by atomic mass is 15.2. The average molecular weight is 241 g/mol. The van der Waals surface area contributed by atoms with Gasteiger partial charge in [-0.1, -0.05) is 13.8 Å². The monoisotopic (exact) mass is 241 g/mol. The largest absolute Gasteiger partial charge is 0.326 e. The molecule has 0 N–H and O–H groups in total. The number of nitrogens with zero attached hydrogens (tertiary/aromatic N) is 3. The summed E-state index contributed by atoms with van der Waals surface area (Å²) in [7, 11) is 0. The summed E-state index contributed by atoms with van der Waals surface area (Å²) in [6.07, 6.45) is 6.71. The molecule has 0 fully saturated rings. The second-order valence-corrected chi connectivity index (χ2v) is 4.10. The predicted molar refractivity (Wildman–Crippen MR) is 75.3 cm³/mol. The number of hydrogen-bond acceptors (Lipinski definition) is 3. The zero-order chi connectivity index (χ0) is 13.0. The Bertz CT molecular complexity index is 523. The van der Waals surface area contributed by atoms with E-state index in [2.05, 4.69) is 33.9 Å². The van der Waals surface area contributed by atoms with E-state index in [1.165, 1.54) is 16.8 Å². The van der Waals surface area contributed by atoms with Crippen molar-refractivity contribution in [1.82, 2.24) is 9.97 Å². The minimum atomic E-state index is 0.997. The first kappa shape index (κ1) is 12.6. The van der Waals surface area contributed by atoms with E-state index in [4.69, 9.17) is 0 Å². The number of aromatic nitrogens is 2. The first-order chi connectivity index (χ1) is 8.84. The van der Waals surface area contributed by atoms with E-state index >= 15 is 0 Å². The number of anilines is 2. The molecule has 3 heterocycles. The maximum absolute atomic E-state index is 4.43. The molecule has 0 spiro atoms. The zero-order valence-corrected chi connectivity index (χ0v) is 11.2. The number of rotatable bonds is 1. The molecule has 3 rings (SSSR count). The summed E-state index contributed by atoms with van der Waals surface area (Å²) in [5, 5.41) is 0. The molecule has 0 unspecified atom stereocenters. The van der Waals surface area contributed by atoms with Crippen LogP contribution in [0.4, 0.5) is 11.5 Å². The molecule has 3 nitrogen and oxygen atoms in total. The lowest BCUT2D eigenvalue weighted by Gasteiger charge is -2.18. The van der Waals surface area contributed by atoms with Gasteiger partial charge in [0.25, 0.3) is 0 Å². The lowest BCUT2D eigenvalue weighted by Crippen LogP contribution is -2.14. The molecule has 0 saturated heterocycles. The molecule has 0 bridgehead atoms. The summed E-state index contributed by atoms with van der Waals surface area (Å²) in [6, 6.07) is 6.20. The summed E-state index contributed by atoms with van der Waals surface area (Å²) in [5.74, 6) is 1.03. The molecule has 0 aliphatic carbocycles. The van der Waals surface area contributed by atoms with Gasteiger partial charge in [0.1, 0.15) is 5.82 Å². The highest BCUT2D eigenvalue weighted by molar-refractivity contribution is 5.66. The number of aryl methyl sites for hydroxylation is 1. The van der Waals surface area contributed by atoms with Crippen LogP contribution in [0.25, 0.3) is 0 Å². The molecule has 94 valence electrons. The Morgan fingerprint density at radius 1 is 1.17 bits per heavy atom. The van der Waals surface area contributed by atoms with Crippen LogP contribution in [0.15, 0.2) is 36.8 Å². The van der Waals surface area contributed by atoms with Crippen LogP contribution in [0.3, 0.4) is 0 Å². The fourth-order valence-electron chi connectivity index (χ4n) is 2.13. The summed E-state index contributed by atoms with van der Waals surface area (Å²) < 4.78 is 0. The van der Waals surface area contributed by atoms with Crippen LogP contribution >= 0.6 is 0 Å². The molecule has 0 radical (unpaired) electrons. The Morgan fingerprint density at radius 2 is 2.00 bits per heavy atom. The smallest absolute Gasteiger partial charge is 0.133 e. The van der Waals surface area contributed by atoms with Crippen LogP contribution in [-0.4, -0.2) is 16.5 Å². The molecule has 3 heteroatoms. The van der Waals surface area contributed by atoms with Crippen molar-refractivity contribution in [1.29, 1.82) is 0 Å². The van der Waals surface area contributed by atoms with E-state index in [0.29, 0.717) is 0 Å². The van der Waals surface area contributed by atoms with Crippen LogP contribution in [0.2, 0.25) is 0 Å². The fraction of sp³-hybridized carbons (Fsp3) is 0.333. The van der Waals surface area contributed by atoms with Crippen molar-refractivity contribution in [3.8, 4) is 0 Å². The standard InChI is InChI=1S/C13H13N3.C2H6/c1-10-2-6-15-13(8-10)16-7-4-11-9-14-5-3-12(11)16;1-2/h2-3,5-6,8-9H,4,7H2,1H3;1-2H3. The quantitative estimate of drug-likeness (QED) is 0.765. The lowest BCUT2D eigenvalue weighted by molar-refractivity contribution is 0.971. The van der Waals surface area contributed by atoms with Gasteiger partial charge in [-0.2, -0.15) is 0 Å². The van der Waals surface area contributed by atoms with Gasteiger partial charge in [-0.3, -0.25) is 4.98 Å². The second kappa shape index (κ2) is 5.63. The van der Waals surface area contributed by atoms with Crippen LogP contribution in [0.1, 0.15) is 25.0 Å². The highest BCUT2D eigenvalue weighted by Crippen LogP contribution is 2.32. The number of fused-ring (bicyclic) bond motifs is 1. The van der Waals surface area contributed by atoms with Crippen molar-refractivity contribution in [2.45, 2.75) is 27.2 Å². The SMILES string of the molecule is CC.Cc1ccnc(N2CCc3cnccc32)c1. The third-order valence-corrected chi connectivity index (χ3v) is 2.95. The van der Waals surface area contributed by atoms with Crippen molar-refractivity contribution >= 4 is 11.5 Å². The molecule has 2 aromatic rings. The Labute approximate surface area is 109 Å². The molecular formula is C15H19N3. The molecule has 0 aromatic carbocycles. The third-order valence-electron chi connectivity index (χ3n) is 2.95. The summed E-state index contributed by atoms with van der Waals surface area (Å²) >= 11 is 0. The molecule has 0 atom stereocenters. The van der Waals surface area contributed by atoms with Crippen molar-refractivity contribution in [3.05, 3.63) is 47.9 Å². The van der Waals surface area contributed by atoms with Crippen molar-refractivity contribution in [2.24, 2.45) is 0 Å². The maximum atomic E-state index is 4.43. The van der Waals surface area contributed by atoms with Gasteiger partial charge >= 0.3 is 0 Å². The van der Waals surface area contributed by atoms with Crippen LogP contribution in [0.5, 0.6) is 0 Å². The molecular weight excluding hydrogens is 222 g/mol. The molecule has 0 saturated carbocycles. The Morgan fingerprint density at radius 3 is 2.78 bits per heavy atom. The van der Waals surface area contributed by atoms with Gasteiger partial charge in [0.2, 0.25) is 0 Å². The van der Waals surface area contributed by atoms with E-state index < -0.39 is 0 Å². The van der Waals surface area contributed by atoms with Crippen molar-refractivity contribution in [2.75, 3.05) is 11.4 Å². The van der Waals surface area contributed by atoms with E-state index in [1.54, 1.807) is 0 Å². The predicted octanol–water partition coefficient (Wildman–Crippen LogP) is 3.51. The zero-order valence-electron chi connectivity index (χ0n) is 11.2. The highest BCUT2D eigenvalue weighted by Gasteiger charge is 2.20. The summed E-state index contributed by atoms with van der Waals surface area (Å²) in [5.41, 5.74) is 3.80. The summed E-state index contributed by atoms with van der Waals surface area (Å²) in [4.78, 5) is 10.8. The minimum Gasteiger partial charge on any atom is -0.326 e. The third kappa shape index (κ3) is 2.35. The van der Waals surface area contributed by atoms with Gasteiger partial charge in [0, 0.05) is 30.8 Å². The first-order valence-corrected chi connectivity index (χ1v) is 6.48. The molecule has 0 amide bonds. The van der Waals surface area contributed by atoms with Crippen molar-refractivity contribution in [3.63, 3.8) is 0 Å². The van der Waals surface area contributed by atoms with Crippen molar-refractivity contribution < 1.29 is 0 Å². The molecule has 1 aliphatic rings. The van der Waals surface area contributed by atoms with Gasteiger partial charge in [0.15, 0.2) is 0 Å².